The Labute approximate surface area is 125 Å². The van der Waals surface area contributed by atoms with Crippen molar-refractivity contribution in [3.63, 3.8) is 0 Å². The van der Waals surface area contributed by atoms with Crippen LogP contribution in [0.4, 0.5) is 0 Å². The number of rotatable bonds is 3. The lowest BCUT2D eigenvalue weighted by Crippen LogP contribution is -2.54. The van der Waals surface area contributed by atoms with Gasteiger partial charge >= 0.3 is 15.2 Å². The SMILES string of the molecule is O=P(O)(O)C(N1CCCCCC12CCCCC2)P(=O)(O)O. The van der Waals surface area contributed by atoms with Crippen LogP contribution in [0.25, 0.3) is 0 Å². The molecule has 0 unspecified atom stereocenters. The highest BCUT2D eigenvalue weighted by atomic mass is 31.2. The Bertz CT molecular complexity index is 431. The number of hydrogen-bond acceptors (Lipinski definition) is 3. The van der Waals surface area contributed by atoms with E-state index in [2.05, 4.69) is 0 Å². The van der Waals surface area contributed by atoms with Crippen LogP contribution in [0.2, 0.25) is 0 Å². The molecule has 1 heterocycles. The van der Waals surface area contributed by atoms with Crippen LogP contribution in [0.5, 0.6) is 0 Å². The maximum absolute atomic E-state index is 11.8. The summed E-state index contributed by atoms with van der Waals surface area (Å²) in [6, 6.07) is 0. The zero-order chi connectivity index (χ0) is 15.7. The van der Waals surface area contributed by atoms with Gasteiger partial charge in [-0.25, -0.2) is 0 Å². The highest BCUT2D eigenvalue weighted by Crippen LogP contribution is 2.63. The monoisotopic (exact) mass is 341 g/mol. The van der Waals surface area contributed by atoms with Crippen LogP contribution in [0.3, 0.4) is 0 Å². The lowest BCUT2D eigenvalue weighted by atomic mass is 9.78. The van der Waals surface area contributed by atoms with E-state index in [1.54, 1.807) is 0 Å². The quantitative estimate of drug-likeness (QED) is 0.581. The summed E-state index contributed by atoms with van der Waals surface area (Å²) >= 11 is 0. The fourth-order valence-electron chi connectivity index (χ4n) is 3.96. The third kappa shape index (κ3) is 3.97. The van der Waals surface area contributed by atoms with Crippen LogP contribution in [-0.4, -0.2) is 42.1 Å². The molecule has 1 spiro atoms. The summed E-state index contributed by atoms with van der Waals surface area (Å²) in [5.74, 6) is 0. The van der Waals surface area contributed by atoms with Crippen molar-refractivity contribution in [1.29, 1.82) is 0 Å². The van der Waals surface area contributed by atoms with Crippen molar-refractivity contribution in [2.75, 3.05) is 6.54 Å². The Hall–Kier alpha value is 0.260. The van der Waals surface area contributed by atoms with Crippen molar-refractivity contribution in [3.05, 3.63) is 0 Å². The number of likely N-dealkylation sites (tertiary alicyclic amines) is 1. The second-order valence-electron chi connectivity index (χ2n) is 6.31. The number of nitrogens with zero attached hydrogens (tertiary/aromatic N) is 1. The third-order valence-corrected chi connectivity index (χ3v) is 8.38. The minimum atomic E-state index is -4.92. The Balaban J connectivity index is 2.43. The Morgan fingerprint density at radius 1 is 0.762 bits per heavy atom. The molecule has 0 bridgehead atoms. The van der Waals surface area contributed by atoms with Gasteiger partial charge in [-0.1, -0.05) is 32.1 Å². The van der Waals surface area contributed by atoms with Crippen molar-refractivity contribution < 1.29 is 28.7 Å². The average Bonchev–Trinajstić information content (AvgIpc) is 2.51. The van der Waals surface area contributed by atoms with Crippen molar-refractivity contribution >= 4 is 15.2 Å². The molecule has 7 nitrogen and oxygen atoms in total. The molecule has 124 valence electrons. The first-order valence-corrected chi connectivity index (χ1v) is 10.9. The minimum Gasteiger partial charge on any atom is -0.323 e. The van der Waals surface area contributed by atoms with Gasteiger partial charge in [0, 0.05) is 12.1 Å². The van der Waals surface area contributed by atoms with Gasteiger partial charge in [0.2, 0.25) is 5.52 Å². The zero-order valence-corrected chi connectivity index (χ0v) is 13.9. The molecule has 0 aromatic carbocycles. The van der Waals surface area contributed by atoms with Gasteiger partial charge in [0.25, 0.3) is 0 Å². The number of hydrogen-bond donors (Lipinski definition) is 4. The second kappa shape index (κ2) is 6.40. The van der Waals surface area contributed by atoms with Crippen molar-refractivity contribution in [1.82, 2.24) is 4.90 Å². The summed E-state index contributed by atoms with van der Waals surface area (Å²) in [6.45, 7) is 0.348. The molecule has 0 aromatic heterocycles. The summed E-state index contributed by atoms with van der Waals surface area (Å²) in [5.41, 5.74) is -2.44. The molecule has 1 saturated heterocycles. The van der Waals surface area contributed by atoms with E-state index in [0.29, 0.717) is 6.54 Å². The van der Waals surface area contributed by atoms with E-state index in [4.69, 9.17) is 0 Å². The molecule has 4 N–H and O–H groups in total. The minimum absolute atomic E-state index is 0.348. The van der Waals surface area contributed by atoms with E-state index in [1.165, 1.54) is 4.90 Å². The molecule has 1 aliphatic carbocycles. The molecule has 1 aliphatic heterocycles. The average molecular weight is 341 g/mol. The molecular weight excluding hydrogens is 316 g/mol. The van der Waals surface area contributed by atoms with Gasteiger partial charge in [0.15, 0.2) is 0 Å². The lowest BCUT2D eigenvalue weighted by Gasteiger charge is -2.49. The standard InChI is InChI=1S/C12H25NO6P2/c14-20(15,16)11(21(17,18)19)13-10-6-2-5-9-12(13)7-3-1-4-8-12/h11H,1-10H2,(H2,14,15,16)(H2,17,18,19). The summed E-state index contributed by atoms with van der Waals surface area (Å²) in [6.07, 6.45) is 7.89. The molecule has 9 heteroatoms. The largest absolute Gasteiger partial charge is 0.355 e. The van der Waals surface area contributed by atoms with Gasteiger partial charge in [-0.15, -0.1) is 0 Å². The van der Waals surface area contributed by atoms with Gasteiger partial charge in [-0.3, -0.25) is 14.0 Å². The first kappa shape index (κ1) is 17.6. The molecule has 0 amide bonds. The van der Waals surface area contributed by atoms with Crippen molar-refractivity contribution in [2.45, 2.75) is 68.9 Å². The van der Waals surface area contributed by atoms with Crippen LogP contribution >= 0.6 is 15.2 Å². The first-order chi connectivity index (χ1) is 9.67. The van der Waals surface area contributed by atoms with E-state index < -0.39 is 26.3 Å². The van der Waals surface area contributed by atoms with E-state index in [-0.39, 0.29) is 0 Å². The first-order valence-electron chi connectivity index (χ1n) is 7.54. The van der Waals surface area contributed by atoms with E-state index in [9.17, 15) is 28.7 Å². The molecule has 2 rings (SSSR count). The Morgan fingerprint density at radius 3 is 1.62 bits per heavy atom. The van der Waals surface area contributed by atoms with E-state index in [0.717, 1.165) is 57.8 Å². The molecule has 0 radical (unpaired) electrons. The summed E-state index contributed by atoms with van der Waals surface area (Å²) < 4.78 is 23.6. The van der Waals surface area contributed by atoms with Crippen LogP contribution in [0.1, 0.15) is 57.8 Å². The predicted molar refractivity (Wildman–Crippen MR) is 78.9 cm³/mol. The van der Waals surface area contributed by atoms with E-state index in [1.807, 2.05) is 0 Å². The van der Waals surface area contributed by atoms with Gasteiger partial charge in [0.1, 0.15) is 0 Å². The lowest BCUT2D eigenvalue weighted by molar-refractivity contribution is 0.0441. The summed E-state index contributed by atoms with van der Waals surface area (Å²) in [4.78, 5) is 39.7. The summed E-state index contributed by atoms with van der Waals surface area (Å²) in [5, 5.41) is 0. The van der Waals surface area contributed by atoms with Gasteiger partial charge in [-0.05, 0) is 25.7 Å². The van der Waals surface area contributed by atoms with Crippen molar-refractivity contribution in [3.8, 4) is 0 Å². The van der Waals surface area contributed by atoms with E-state index >= 15 is 0 Å². The molecule has 2 aliphatic rings. The smallest absolute Gasteiger partial charge is 0.323 e. The molecule has 1 saturated carbocycles. The van der Waals surface area contributed by atoms with Crippen molar-refractivity contribution in [2.24, 2.45) is 0 Å². The third-order valence-electron chi connectivity index (χ3n) is 4.82. The fourth-order valence-corrected chi connectivity index (χ4v) is 6.98. The molecule has 2 fully saturated rings. The molecule has 0 aromatic rings. The predicted octanol–water partition coefficient (Wildman–Crippen LogP) is 2.20. The summed E-state index contributed by atoms with van der Waals surface area (Å²) in [7, 11) is -9.83. The van der Waals surface area contributed by atoms with Gasteiger partial charge < -0.3 is 19.6 Å². The molecular formula is C12H25NO6P2. The van der Waals surface area contributed by atoms with Crippen LogP contribution in [0.15, 0.2) is 0 Å². The fraction of sp³-hybridized carbons (Fsp3) is 1.00. The van der Waals surface area contributed by atoms with Crippen LogP contribution in [-0.2, 0) is 9.13 Å². The highest BCUT2D eigenvalue weighted by Gasteiger charge is 2.54. The second-order valence-corrected chi connectivity index (χ2v) is 10.1. The zero-order valence-electron chi connectivity index (χ0n) is 12.1. The Morgan fingerprint density at radius 2 is 1.19 bits per heavy atom. The van der Waals surface area contributed by atoms with Crippen LogP contribution < -0.4 is 0 Å². The maximum atomic E-state index is 11.8. The normalized spacial score (nSPS) is 25.2. The highest BCUT2D eigenvalue weighted by molar-refractivity contribution is 7.70. The maximum Gasteiger partial charge on any atom is 0.355 e. The van der Waals surface area contributed by atoms with Gasteiger partial charge in [-0.2, -0.15) is 0 Å². The Kier molecular flexibility index (Phi) is 5.37. The molecule has 21 heavy (non-hydrogen) atoms. The van der Waals surface area contributed by atoms with Crippen LogP contribution in [0, 0.1) is 0 Å². The molecule has 0 atom stereocenters. The topological polar surface area (TPSA) is 118 Å². The van der Waals surface area contributed by atoms with Gasteiger partial charge in [0.05, 0.1) is 0 Å².